The van der Waals surface area contributed by atoms with Crippen LogP contribution < -0.4 is 15.0 Å². The van der Waals surface area contributed by atoms with Crippen molar-refractivity contribution in [1.82, 2.24) is 13.9 Å². The molecule has 2 heterocycles. The van der Waals surface area contributed by atoms with E-state index in [1.165, 1.54) is 19.4 Å². The first-order chi connectivity index (χ1) is 15.5. The van der Waals surface area contributed by atoms with Gasteiger partial charge in [0.05, 0.1) is 17.5 Å². The zero-order chi connectivity index (χ0) is 24.1. The third-order valence-electron chi connectivity index (χ3n) is 4.98. The van der Waals surface area contributed by atoms with Crippen LogP contribution >= 0.6 is 11.6 Å². The van der Waals surface area contributed by atoms with Crippen LogP contribution in [0, 0.1) is 11.6 Å². The summed E-state index contributed by atoms with van der Waals surface area (Å²) in [6.45, 7) is -1.41. The Labute approximate surface area is 189 Å². The Balaban J connectivity index is 1.69. The molecule has 1 aliphatic rings. The second kappa shape index (κ2) is 8.47. The molecule has 4 rings (SSSR count). The highest BCUT2D eigenvalue weighted by atomic mass is 35.5. The van der Waals surface area contributed by atoms with Crippen LogP contribution in [0.5, 0.6) is 11.5 Å². The second-order valence-electron chi connectivity index (χ2n) is 7.23. The molecule has 0 spiro atoms. The van der Waals surface area contributed by atoms with Crippen LogP contribution in [0.3, 0.4) is 0 Å². The van der Waals surface area contributed by atoms with Crippen molar-refractivity contribution in [3.8, 4) is 11.5 Å². The average Bonchev–Trinajstić information content (AvgIpc) is 3.11. The number of rotatable bonds is 5. The highest BCUT2D eigenvalue weighted by Gasteiger charge is 2.39. The molecule has 0 radical (unpaired) electrons. The van der Waals surface area contributed by atoms with Gasteiger partial charge in [-0.25, -0.2) is 22.5 Å². The number of nitrogens with zero attached hydrogens (tertiary/aromatic N) is 3. The SMILES string of the molecule is Cn1cnc2ccc(Oc3c(F)ccc(NS(=O)(=O)N4C[C@@H](F)[C@@H](F)C4)c3Cl)c(F)c2c1=O. The number of aromatic nitrogens is 2. The smallest absolute Gasteiger partial charge is 0.301 e. The molecule has 1 N–H and O–H groups in total. The molecule has 2 atom stereocenters. The normalized spacial score (nSPS) is 19.2. The number of alkyl halides is 2. The molecule has 1 saturated heterocycles. The van der Waals surface area contributed by atoms with E-state index in [1.807, 2.05) is 4.72 Å². The molecule has 14 heteroatoms. The van der Waals surface area contributed by atoms with Gasteiger partial charge in [0.2, 0.25) is 0 Å². The Morgan fingerprint density at radius 2 is 1.82 bits per heavy atom. The maximum atomic E-state index is 15.0. The quantitative estimate of drug-likeness (QED) is 0.536. The monoisotopic (exact) mass is 506 g/mol. The van der Waals surface area contributed by atoms with Crippen molar-refractivity contribution in [3.63, 3.8) is 0 Å². The number of halogens is 5. The molecule has 0 bridgehead atoms. The van der Waals surface area contributed by atoms with Crippen LogP contribution in [0.4, 0.5) is 23.2 Å². The lowest BCUT2D eigenvalue weighted by molar-refractivity contribution is 0.217. The third kappa shape index (κ3) is 4.23. The van der Waals surface area contributed by atoms with Crippen molar-refractivity contribution in [2.75, 3.05) is 17.8 Å². The topological polar surface area (TPSA) is 93.5 Å². The van der Waals surface area contributed by atoms with Gasteiger partial charge in [-0.15, -0.1) is 0 Å². The Hall–Kier alpha value is -2.90. The first-order valence-electron chi connectivity index (χ1n) is 9.35. The molecule has 0 unspecified atom stereocenters. The van der Waals surface area contributed by atoms with E-state index >= 15 is 0 Å². The van der Waals surface area contributed by atoms with Crippen molar-refractivity contribution >= 4 is 38.4 Å². The minimum absolute atomic E-state index is 0.0407. The summed E-state index contributed by atoms with van der Waals surface area (Å²) in [6.07, 6.45) is -2.77. The molecule has 2 aromatic carbocycles. The van der Waals surface area contributed by atoms with Crippen molar-refractivity contribution in [3.05, 3.63) is 57.6 Å². The molecule has 0 saturated carbocycles. The van der Waals surface area contributed by atoms with E-state index in [0.717, 1.165) is 22.8 Å². The van der Waals surface area contributed by atoms with E-state index in [0.29, 0.717) is 4.31 Å². The van der Waals surface area contributed by atoms with Gasteiger partial charge in [0.25, 0.3) is 5.56 Å². The van der Waals surface area contributed by atoms with Crippen molar-refractivity contribution in [2.45, 2.75) is 12.3 Å². The van der Waals surface area contributed by atoms with Crippen molar-refractivity contribution in [2.24, 2.45) is 7.05 Å². The van der Waals surface area contributed by atoms with Gasteiger partial charge in [-0.1, -0.05) is 11.6 Å². The van der Waals surface area contributed by atoms with Gasteiger partial charge in [-0.3, -0.25) is 9.52 Å². The highest BCUT2D eigenvalue weighted by molar-refractivity contribution is 7.90. The number of hydrogen-bond acceptors (Lipinski definition) is 5. The van der Waals surface area contributed by atoms with E-state index in [9.17, 15) is 30.8 Å². The Kier molecular flexibility index (Phi) is 5.97. The molecule has 176 valence electrons. The minimum Gasteiger partial charge on any atom is -0.450 e. The predicted octanol–water partition coefficient (Wildman–Crippen LogP) is 3.31. The van der Waals surface area contributed by atoms with Crippen LogP contribution in [0.25, 0.3) is 10.9 Å². The van der Waals surface area contributed by atoms with Gasteiger partial charge < -0.3 is 9.30 Å². The van der Waals surface area contributed by atoms with E-state index in [4.69, 9.17) is 16.3 Å². The van der Waals surface area contributed by atoms with Crippen LogP contribution in [-0.4, -0.2) is 47.7 Å². The van der Waals surface area contributed by atoms with Gasteiger partial charge in [-0.2, -0.15) is 12.7 Å². The molecule has 1 fully saturated rings. The van der Waals surface area contributed by atoms with Gasteiger partial charge in [0.1, 0.15) is 22.8 Å². The lowest BCUT2D eigenvalue weighted by Crippen LogP contribution is -2.34. The number of aryl methyl sites for hydroxylation is 1. The highest BCUT2D eigenvalue weighted by Crippen LogP contribution is 2.39. The van der Waals surface area contributed by atoms with E-state index in [-0.39, 0.29) is 11.2 Å². The van der Waals surface area contributed by atoms with Gasteiger partial charge in [0.15, 0.2) is 23.1 Å². The van der Waals surface area contributed by atoms with Crippen molar-refractivity contribution < 1.29 is 30.7 Å². The zero-order valence-electron chi connectivity index (χ0n) is 16.7. The Bertz CT molecular complexity index is 1410. The van der Waals surface area contributed by atoms with Gasteiger partial charge >= 0.3 is 10.2 Å². The fourth-order valence-electron chi connectivity index (χ4n) is 3.22. The summed E-state index contributed by atoms with van der Waals surface area (Å²) in [5.41, 5.74) is -1.04. The lowest BCUT2D eigenvalue weighted by Gasteiger charge is -2.18. The molecule has 0 aliphatic carbocycles. The van der Waals surface area contributed by atoms with Crippen LogP contribution in [0.2, 0.25) is 5.02 Å². The zero-order valence-corrected chi connectivity index (χ0v) is 18.3. The molecule has 3 aromatic rings. The van der Waals surface area contributed by atoms with E-state index in [2.05, 4.69) is 4.98 Å². The lowest BCUT2D eigenvalue weighted by atomic mass is 10.2. The third-order valence-corrected chi connectivity index (χ3v) is 6.81. The van der Waals surface area contributed by atoms with Crippen molar-refractivity contribution in [1.29, 1.82) is 0 Å². The maximum absolute atomic E-state index is 15.0. The van der Waals surface area contributed by atoms with Gasteiger partial charge in [-0.05, 0) is 24.3 Å². The summed E-state index contributed by atoms with van der Waals surface area (Å²) in [5.74, 6) is -3.48. The Morgan fingerprint density at radius 1 is 1.15 bits per heavy atom. The minimum atomic E-state index is -4.44. The van der Waals surface area contributed by atoms with Gasteiger partial charge in [0, 0.05) is 20.1 Å². The standard InChI is InChI=1S/C19H15ClF4N4O4S/c1-27-8-25-12-4-5-14(17(24)15(12)19(27)29)32-18-9(21)2-3-13(16(18)20)26-33(30,31)28-6-10(22)11(23)7-28/h2-5,8,10-11,26H,6-7H2,1H3/t10-,11+. The number of anilines is 1. The van der Waals surface area contributed by atoms with E-state index < -0.39 is 74.7 Å². The molecule has 1 aromatic heterocycles. The maximum Gasteiger partial charge on any atom is 0.301 e. The molecule has 33 heavy (non-hydrogen) atoms. The summed E-state index contributed by atoms with van der Waals surface area (Å²) in [4.78, 5) is 16.2. The summed E-state index contributed by atoms with van der Waals surface area (Å²) in [5, 5.41) is -0.980. The summed E-state index contributed by atoms with van der Waals surface area (Å²) in [6, 6.07) is 4.15. The summed E-state index contributed by atoms with van der Waals surface area (Å²) in [7, 11) is -3.07. The fraction of sp³-hybridized carbons (Fsp3) is 0.263. The Morgan fingerprint density at radius 3 is 2.48 bits per heavy atom. The van der Waals surface area contributed by atoms with E-state index in [1.54, 1.807) is 0 Å². The van der Waals surface area contributed by atoms with Crippen LogP contribution in [0.1, 0.15) is 0 Å². The fourth-order valence-corrected chi connectivity index (χ4v) is 4.77. The summed E-state index contributed by atoms with van der Waals surface area (Å²) < 4.78 is 90.0. The largest absolute Gasteiger partial charge is 0.450 e. The van der Waals surface area contributed by atoms with Crippen LogP contribution in [0.15, 0.2) is 35.4 Å². The molecular weight excluding hydrogens is 492 g/mol. The summed E-state index contributed by atoms with van der Waals surface area (Å²) >= 11 is 6.10. The average molecular weight is 507 g/mol. The molecule has 1 aliphatic heterocycles. The predicted molar refractivity (Wildman–Crippen MR) is 112 cm³/mol. The first kappa shape index (κ1) is 23.3. The molecule has 0 amide bonds. The number of fused-ring (bicyclic) bond motifs is 1. The number of ether oxygens (including phenoxy) is 1. The first-order valence-corrected chi connectivity index (χ1v) is 11.2. The van der Waals surface area contributed by atoms with Crippen LogP contribution in [-0.2, 0) is 17.3 Å². The second-order valence-corrected chi connectivity index (χ2v) is 9.28. The number of hydrogen-bond donors (Lipinski definition) is 1. The molecular formula is C19H15ClF4N4O4S. The number of benzene rings is 2. The number of nitrogens with one attached hydrogen (secondary N) is 1. The molecule has 8 nitrogen and oxygen atoms in total.